The fourth-order valence-electron chi connectivity index (χ4n) is 1.37. The highest BCUT2D eigenvalue weighted by atomic mass is 32.2. The maximum Gasteiger partial charge on any atom is 0.259 e. The zero-order valence-electron chi connectivity index (χ0n) is 11.1. The Kier molecular flexibility index (Phi) is 4.64. The second kappa shape index (κ2) is 5.62. The summed E-state index contributed by atoms with van der Waals surface area (Å²) in [5.41, 5.74) is 0. The van der Waals surface area contributed by atoms with Crippen LogP contribution in [0, 0.1) is 12.8 Å². The monoisotopic (exact) mass is 273 g/mol. The Morgan fingerprint density at radius 3 is 2.56 bits per heavy atom. The number of nitrogens with zero attached hydrogens (tertiary/aromatic N) is 2. The van der Waals surface area contributed by atoms with Gasteiger partial charge in [0.15, 0.2) is 5.03 Å². The van der Waals surface area contributed by atoms with E-state index in [1.54, 1.807) is 25.3 Å². The predicted molar refractivity (Wildman–Crippen MR) is 67.7 cm³/mol. The summed E-state index contributed by atoms with van der Waals surface area (Å²) in [5, 5.41) is -0.0431. The van der Waals surface area contributed by atoms with Gasteiger partial charge in [-0.2, -0.15) is 0 Å². The van der Waals surface area contributed by atoms with Gasteiger partial charge in [0.2, 0.25) is 0 Å². The Morgan fingerprint density at radius 2 is 2.11 bits per heavy atom. The topological polar surface area (TPSA) is 81.1 Å². The van der Waals surface area contributed by atoms with Crippen LogP contribution in [0.1, 0.15) is 26.6 Å². The van der Waals surface area contributed by atoms with Crippen LogP contribution in [-0.4, -0.2) is 30.3 Å². The summed E-state index contributed by atoms with van der Waals surface area (Å²) in [7, 11) is -3.70. The lowest BCUT2D eigenvalue weighted by Crippen LogP contribution is -2.31. The van der Waals surface area contributed by atoms with Crippen LogP contribution in [0.15, 0.2) is 11.2 Å². The molecule has 0 bridgehead atoms. The standard InChI is InChI=1S/C11H19N3O3S/c1-5-14-7-11(13-9(14)4)18(16,17)12-6-10(15)8(2)3/h7-8,12H,5-6H2,1-4H3. The first-order valence-electron chi connectivity index (χ1n) is 5.84. The van der Waals surface area contributed by atoms with E-state index in [1.165, 1.54) is 6.20 Å². The summed E-state index contributed by atoms with van der Waals surface area (Å²) in [5.74, 6) is 0.293. The van der Waals surface area contributed by atoms with Gasteiger partial charge in [0.05, 0.1) is 6.54 Å². The van der Waals surface area contributed by atoms with Gasteiger partial charge in [-0.25, -0.2) is 18.1 Å². The molecule has 7 heteroatoms. The molecule has 0 spiro atoms. The minimum atomic E-state index is -3.70. The smallest absolute Gasteiger partial charge is 0.259 e. The number of hydrogen-bond donors (Lipinski definition) is 1. The minimum Gasteiger partial charge on any atom is -0.334 e. The highest BCUT2D eigenvalue weighted by Crippen LogP contribution is 2.08. The largest absolute Gasteiger partial charge is 0.334 e. The highest BCUT2D eigenvalue weighted by molar-refractivity contribution is 7.89. The lowest BCUT2D eigenvalue weighted by Gasteiger charge is -2.05. The molecule has 1 aromatic heterocycles. The number of carbonyl (C=O) groups is 1. The third-order valence-corrected chi connectivity index (χ3v) is 3.92. The van der Waals surface area contributed by atoms with Gasteiger partial charge in [0, 0.05) is 18.7 Å². The Morgan fingerprint density at radius 1 is 1.50 bits per heavy atom. The van der Waals surface area contributed by atoms with Crippen molar-refractivity contribution >= 4 is 15.8 Å². The molecule has 18 heavy (non-hydrogen) atoms. The molecule has 1 N–H and O–H groups in total. The Balaban J connectivity index is 2.83. The molecule has 0 aromatic carbocycles. The number of hydrogen-bond acceptors (Lipinski definition) is 4. The molecule has 0 fully saturated rings. The summed E-state index contributed by atoms with van der Waals surface area (Å²) in [6, 6.07) is 0. The van der Waals surface area contributed by atoms with E-state index in [4.69, 9.17) is 0 Å². The minimum absolute atomic E-state index is 0.0431. The third kappa shape index (κ3) is 3.39. The number of ketones is 1. The lowest BCUT2D eigenvalue weighted by molar-refractivity contribution is -0.120. The molecule has 0 radical (unpaired) electrons. The van der Waals surface area contributed by atoms with Gasteiger partial charge in [-0.05, 0) is 13.8 Å². The van der Waals surface area contributed by atoms with E-state index in [2.05, 4.69) is 9.71 Å². The molecule has 6 nitrogen and oxygen atoms in total. The van der Waals surface area contributed by atoms with E-state index in [-0.39, 0.29) is 23.3 Å². The highest BCUT2D eigenvalue weighted by Gasteiger charge is 2.20. The normalized spacial score (nSPS) is 12.1. The van der Waals surface area contributed by atoms with E-state index in [1.807, 2.05) is 6.92 Å². The second-order valence-corrected chi connectivity index (χ2v) is 6.07. The van der Waals surface area contributed by atoms with Crippen molar-refractivity contribution in [2.45, 2.75) is 39.3 Å². The van der Waals surface area contributed by atoms with Gasteiger partial charge in [0.1, 0.15) is 11.6 Å². The number of nitrogens with one attached hydrogen (secondary N) is 1. The van der Waals surface area contributed by atoms with Crippen molar-refractivity contribution in [1.82, 2.24) is 14.3 Å². The number of aromatic nitrogens is 2. The summed E-state index contributed by atoms with van der Waals surface area (Å²) < 4.78 is 27.8. The van der Waals surface area contributed by atoms with Crippen molar-refractivity contribution in [3.8, 4) is 0 Å². The van der Waals surface area contributed by atoms with E-state index >= 15 is 0 Å². The quantitative estimate of drug-likeness (QED) is 0.828. The number of Topliss-reactive ketones (excluding diaryl/α,β-unsaturated/α-hetero) is 1. The zero-order valence-corrected chi connectivity index (χ0v) is 11.9. The number of sulfonamides is 1. The summed E-state index contributed by atoms with van der Waals surface area (Å²) in [4.78, 5) is 15.4. The van der Waals surface area contributed by atoms with E-state index in [0.29, 0.717) is 12.4 Å². The lowest BCUT2D eigenvalue weighted by atomic mass is 10.1. The van der Waals surface area contributed by atoms with Crippen molar-refractivity contribution in [1.29, 1.82) is 0 Å². The van der Waals surface area contributed by atoms with Gasteiger partial charge in [-0.3, -0.25) is 4.79 Å². The number of imidazole rings is 1. The average Bonchev–Trinajstić information content (AvgIpc) is 2.68. The molecular weight excluding hydrogens is 254 g/mol. The van der Waals surface area contributed by atoms with Crippen molar-refractivity contribution in [2.24, 2.45) is 5.92 Å². The molecule has 1 rings (SSSR count). The molecule has 0 saturated heterocycles. The molecule has 0 amide bonds. The second-order valence-electron chi connectivity index (χ2n) is 4.36. The maximum atomic E-state index is 11.9. The number of rotatable bonds is 6. The fraction of sp³-hybridized carbons (Fsp3) is 0.636. The van der Waals surface area contributed by atoms with Crippen LogP contribution in [0.2, 0.25) is 0 Å². The Hall–Kier alpha value is -1.21. The molecule has 0 unspecified atom stereocenters. The van der Waals surface area contributed by atoms with Crippen LogP contribution in [0.3, 0.4) is 0 Å². The van der Waals surface area contributed by atoms with Crippen LogP contribution in [-0.2, 0) is 21.4 Å². The molecule has 1 aromatic rings. The van der Waals surface area contributed by atoms with Crippen LogP contribution in [0.25, 0.3) is 0 Å². The van der Waals surface area contributed by atoms with Crippen molar-refractivity contribution in [3.05, 3.63) is 12.0 Å². The molecule has 0 aliphatic heterocycles. The predicted octanol–water partition coefficient (Wildman–Crippen LogP) is 0.715. The van der Waals surface area contributed by atoms with Gasteiger partial charge in [-0.1, -0.05) is 13.8 Å². The first-order valence-corrected chi connectivity index (χ1v) is 7.32. The van der Waals surface area contributed by atoms with Crippen molar-refractivity contribution < 1.29 is 13.2 Å². The summed E-state index contributed by atoms with van der Waals surface area (Å²) in [6.07, 6.45) is 1.47. The summed E-state index contributed by atoms with van der Waals surface area (Å²) in [6.45, 7) is 7.55. The van der Waals surface area contributed by atoms with E-state index in [9.17, 15) is 13.2 Å². The van der Waals surface area contributed by atoms with E-state index < -0.39 is 10.0 Å². The number of aryl methyl sites for hydroxylation is 2. The van der Waals surface area contributed by atoms with Gasteiger partial charge in [0.25, 0.3) is 10.0 Å². The molecule has 0 aliphatic carbocycles. The van der Waals surface area contributed by atoms with Crippen LogP contribution in [0.5, 0.6) is 0 Å². The van der Waals surface area contributed by atoms with Crippen LogP contribution >= 0.6 is 0 Å². The van der Waals surface area contributed by atoms with E-state index in [0.717, 1.165) is 0 Å². The molecule has 0 atom stereocenters. The van der Waals surface area contributed by atoms with Crippen LogP contribution < -0.4 is 4.72 Å². The van der Waals surface area contributed by atoms with Crippen molar-refractivity contribution in [3.63, 3.8) is 0 Å². The van der Waals surface area contributed by atoms with Crippen LogP contribution in [0.4, 0.5) is 0 Å². The molecule has 102 valence electrons. The summed E-state index contributed by atoms with van der Waals surface area (Å²) >= 11 is 0. The molecular formula is C11H19N3O3S. The van der Waals surface area contributed by atoms with Crippen molar-refractivity contribution in [2.75, 3.05) is 6.54 Å². The number of carbonyl (C=O) groups excluding carboxylic acids is 1. The molecule has 1 heterocycles. The zero-order chi connectivity index (χ0) is 13.9. The first-order chi connectivity index (χ1) is 8.27. The van der Waals surface area contributed by atoms with Gasteiger partial charge in [-0.15, -0.1) is 0 Å². The first kappa shape index (κ1) is 14.8. The maximum absolute atomic E-state index is 11.9. The molecule has 0 aliphatic rings. The Labute approximate surface area is 107 Å². The SMILES string of the molecule is CCn1cc(S(=O)(=O)NCC(=O)C(C)C)nc1C. The van der Waals surface area contributed by atoms with Gasteiger partial charge < -0.3 is 4.57 Å². The molecule has 0 saturated carbocycles. The third-order valence-electron chi connectivity index (χ3n) is 2.65. The van der Waals surface area contributed by atoms with Gasteiger partial charge >= 0.3 is 0 Å². The fourth-order valence-corrected chi connectivity index (χ4v) is 2.37. The Bertz CT molecular complexity index is 532. The average molecular weight is 273 g/mol.